The average Bonchev–Trinajstić information content (AvgIpc) is 2.52. The van der Waals surface area contributed by atoms with Gasteiger partial charge < -0.3 is 19.5 Å². The highest BCUT2D eigenvalue weighted by Gasteiger charge is 2.13. The van der Waals surface area contributed by atoms with Crippen LogP contribution < -0.4 is 19.5 Å². The highest BCUT2D eigenvalue weighted by atomic mass is 16.6. The first-order chi connectivity index (χ1) is 11.1. The van der Waals surface area contributed by atoms with Crippen molar-refractivity contribution in [2.24, 2.45) is 0 Å². The summed E-state index contributed by atoms with van der Waals surface area (Å²) in [6.45, 7) is 4.99. The molecular weight excluding hydrogens is 294 g/mol. The van der Waals surface area contributed by atoms with Crippen LogP contribution in [0.15, 0.2) is 36.4 Å². The minimum absolute atomic E-state index is 0.0629. The quantitative estimate of drug-likeness (QED) is 0.942. The fourth-order valence-corrected chi connectivity index (χ4v) is 2.51. The van der Waals surface area contributed by atoms with Crippen molar-refractivity contribution in [3.63, 3.8) is 0 Å². The summed E-state index contributed by atoms with van der Waals surface area (Å²) in [5.74, 6) is 1.71. The number of anilines is 1. The van der Waals surface area contributed by atoms with Gasteiger partial charge in [-0.1, -0.05) is 6.07 Å². The molecule has 1 amide bonds. The van der Waals surface area contributed by atoms with E-state index in [1.807, 2.05) is 26.0 Å². The molecule has 5 nitrogen and oxygen atoms in total. The minimum Gasteiger partial charge on any atom is -0.486 e. The maximum atomic E-state index is 12.0. The van der Waals surface area contributed by atoms with Crippen LogP contribution in [0.1, 0.15) is 11.1 Å². The Labute approximate surface area is 135 Å². The molecule has 0 radical (unpaired) electrons. The summed E-state index contributed by atoms with van der Waals surface area (Å²) in [6, 6.07) is 11.2. The summed E-state index contributed by atoms with van der Waals surface area (Å²) in [4.78, 5) is 12.0. The van der Waals surface area contributed by atoms with Gasteiger partial charge in [-0.3, -0.25) is 4.79 Å². The van der Waals surface area contributed by atoms with Gasteiger partial charge in [-0.2, -0.15) is 0 Å². The predicted octanol–water partition coefficient (Wildman–Crippen LogP) is 3.09. The Bertz CT molecular complexity index is 707. The topological polar surface area (TPSA) is 56.8 Å². The van der Waals surface area contributed by atoms with Crippen LogP contribution >= 0.6 is 0 Å². The number of benzene rings is 2. The van der Waals surface area contributed by atoms with Crippen LogP contribution in [0.25, 0.3) is 0 Å². The van der Waals surface area contributed by atoms with E-state index in [9.17, 15) is 4.79 Å². The van der Waals surface area contributed by atoms with Crippen LogP contribution in [-0.4, -0.2) is 25.7 Å². The lowest BCUT2D eigenvalue weighted by atomic mass is 10.1. The zero-order valence-corrected chi connectivity index (χ0v) is 13.2. The SMILES string of the molecule is Cc1cc(C)cc(NC(=O)COc2ccc3c(c2)OCCO3)c1. The zero-order chi connectivity index (χ0) is 16.2. The number of aryl methyl sites for hydroxylation is 2. The third-order valence-corrected chi connectivity index (χ3v) is 3.39. The van der Waals surface area contributed by atoms with Crippen molar-refractivity contribution in [2.45, 2.75) is 13.8 Å². The lowest BCUT2D eigenvalue weighted by Gasteiger charge is -2.18. The first kappa shape index (κ1) is 15.2. The van der Waals surface area contributed by atoms with Gasteiger partial charge in [-0.05, 0) is 49.2 Å². The molecule has 1 aliphatic rings. The Morgan fingerprint density at radius 1 is 1.04 bits per heavy atom. The number of ether oxygens (including phenoxy) is 3. The molecule has 0 bridgehead atoms. The van der Waals surface area contributed by atoms with Crippen LogP contribution in [0, 0.1) is 13.8 Å². The number of carbonyl (C=O) groups excluding carboxylic acids is 1. The van der Waals surface area contributed by atoms with E-state index in [-0.39, 0.29) is 12.5 Å². The Hall–Kier alpha value is -2.69. The second kappa shape index (κ2) is 6.60. The van der Waals surface area contributed by atoms with E-state index in [1.165, 1.54) is 0 Å². The fraction of sp³-hybridized carbons (Fsp3) is 0.278. The normalized spacial score (nSPS) is 12.6. The van der Waals surface area contributed by atoms with E-state index in [1.54, 1.807) is 18.2 Å². The third-order valence-electron chi connectivity index (χ3n) is 3.39. The molecule has 0 aromatic heterocycles. The Morgan fingerprint density at radius 3 is 2.48 bits per heavy atom. The van der Waals surface area contributed by atoms with Gasteiger partial charge in [-0.15, -0.1) is 0 Å². The first-order valence-electron chi connectivity index (χ1n) is 7.51. The summed E-state index contributed by atoms with van der Waals surface area (Å²) in [5.41, 5.74) is 2.99. The minimum atomic E-state index is -0.204. The van der Waals surface area contributed by atoms with E-state index in [2.05, 4.69) is 11.4 Å². The van der Waals surface area contributed by atoms with Gasteiger partial charge in [-0.25, -0.2) is 0 Å². The molecule has 0 unspecified atom stereocenters. The summed E-state index contributed by atoms with van der Waals surface area (Å²) in [5, 5.41) is 2.84. The number of nitrogens with one attached hydrogen (secondary N) is 1. The first-order valence-corrected chi connectivity index (χ1v) is 7.51. The third kappa shape index (κ3) is 3.94. The van der Waals surface area contributed by atoms with E-state index < -0.39 is 0 Å². The molecule has 3 rings (SSSR count). The molecule has 1 N–H and O–H groups in total. The number of carbonyl (C=O) groups is 1. The Morgan fingerprint density at radius 2 is 1.74 bits per heavy atom. The van der Waals surface area contributed by atoms with Crippen molar-refractivity contribution in [3.8, 4) is 17.2 Å². The van der Waals surface area contributed by atoms with Crippen molar-refractivity contribution in [1.29, 1.82) is 0 Å². The van der Waals surface area contributed by atoms with Gasteiger partial charge in [0.25, 0.3) is 5.91 Å². The second-order valence-electron chi connectivity index (χ2n) is 5.52. The van der Waals surface area contributed by atoms with Gasteiger partial charge in [0.05, 0.1) is 0 Å². The molecule has 0 fully saturated rings. The zero-order valence-electron chi connectivity index (χ0n) is 13.2. The van der Waals surface area contributed by atoms with Gasteiger partial charge in [0, 0.05) is 11.8 Å². The summed E-state index contributed by atoms with van der Waals surface area (Å²) >= 11 is 0. The molecule has 2 aromatic carbocycles. The molecule has 0 spiro atoms. The summed E-state index contributed by atoms with van der Waals surface area (Å²) < 4.78 is 16.5. The fourth-order valence-electron chi connectivity index (χ4n) is 2.51. The molecule has 1 heterocycles. The van der Waals surface area contributed by atoms with E-state index in [0.29, 0.717) is 30.5 Å². The lowest BCUT2D eigenvalue weighted by molar-refractivity contribution is -0.118. The number of amides is 1. The van der Waals surface area contributed by atoms with Gasteiger partial charge in [0.2, 0.25) is 0 Å². The largest absolute Gasteiger partial charge is 0.486 e. The van der Waals surface area contributed by atoms with Gasteiger partial charge in [0.1, 0.15) is 19.0 Å². The van der Waals surface area contributed by atoms with Crippen molar-refractivity contribution in [2.75, 3.05) is 25.1 Å². The molecule has 5 heteroatoms. The molecule has 120 valence electrons. The van der Waals surface area contributed by atoms with Crippen LogP contribution in [0.2, 0.25) is 0 Å². The molecule has 0 saturated carbocycles. The summed E-state index contributed by atoms with van der Waals surface area (Å²) in [6.07, 6.45) is 0. The van der Waals surface area contributed by atoms with Gasteiger partial charge >= 0.3 is 0 Å². The van der Waals surface area contributed by atoms with E-state index in [4.69, 9.17) is 14.2 Å². The van der Waals surface area contributed by atoms with E-state index >= 15 is 0 Å². The molecule has 0 saturated heterocycles. The Balaban J connectivity index is 1.58. The van der Waals surface area contributed by atoms with Crippen molar-refractivity contribution >= 4 is 11.6 Å². The monoisotopic (exact) mass is 313 g/mol. The summed E-state index contributed by atoms with van der Waals surface area (Å²) in [7, 11) is 0. The molecule has 0 atom stereocenters. The van der Waals surface area contributed by atoms with E-state index in [0.717, 1.165) is 16.8 Å². The number of hydrogen-bond acceptors (Lipinski definition) is 4. The molecule has 23 heavy (non-hydrogen) atoms. The maximum Gasteiger partial charge on any atom is 0.262 e. The maximum absolute atomic E-state index is 12.0. The van der Waals surface area contributed by atoms with Crippen molar-refractivity contribution < 1.29 is 19.0 Å². The van der Waals surface area contributed by atoms with Crippen molar-refractivity contribution in [1.82, 2.24) is 0 Å². The lowest BCUT2D eigenvalue weighted by Crippen LogP contribution is -2.20. The number of fused-ring (bicyclic) bond motifs is 1. The van der Waals surface area contributed by atoms with Crippen LogP contribution in [0.3, 0.4) is 0 Å². The van der Waals surface area contributed by atoms with Gasteiger partial charge in [0.15, 0.2) is 18.1 Å². The average molecular weight is 313 g/mol. The standard InChI is InChI=1S/C18H19NO4/c1-12-7-13(2)9-14(8-12)19-18(20)11-23-15-3-4-16-17(10-15)22-6-5-21-16/h3-4,7-10H,5-6,11H2,1-2H3,(H,19,20). The molecule has 0 aliphatic carbocycles. The predicted molar refractivity (Wildman–Crippen MR) is 87.5 cm³/mol. The van der Waals surface area contributed by atoms with Crippen molar-refractivity contribution in [3.05, 3.63) is 47.5 Å². The van der Waals surface area contributed by atoms with Crippen LogP contribution in [0.5, 0.6) is 17.2 Å². The molecule has 2 aromatic rings. The number of hydrogen-bond donors (Lipinski definition) is 1. The van der Waals surface area contributed by atoms with Crippen LogP contribution in [-0.2, 0) is 4.79 Å². The van der Waals surface area contributed by atoms with Crippen LogP contribution in [0.4, 0.5) is 5.69 Å². The highest BCUT2D eigenvalue weighted by molar-refractivity contribution is 5.92. The Kier molecular flexibility index (Phi) is 4.37. The smallest absolute Gasteiger partial charge is 0.262 e. The highest BCUT2D eigenvalue weighted by Crippen LogP contribution is 2.33. The second-order valence-corrected chi connectivity index (χ2v) is 5.52. The number of rotatable bonds is 4. The molecular formula is C18H19NO4. The molecule has 1 aliphatic heterocycles.